The van der Waals surface area contributed by atoms with Crippen LogP contribution in [0.2, 0.25) is 0 Å². The van der Waals surface area contributed by atoms with Gasteiger partial charge in [-0.3, -0.25) is 0 Å². The largest absolute Gasteiger partial charge is 0.475 e. The summed E-state index contributed by atoms with van der Waals surface area (Å²) >= 11 is 0. The Hall–Kier alpha value is -1.98. The number of alkyl halides is 3. The maximum Gasteiger partial charge on any atom is 0.420 e. The number of halogens is 3. The van der Waals surface area contributed by atoms with Crippen LogP contribution in [0, 0.1) is 0 Å². The number of aromatic carboxylic acids is 1. The van der Waals surface area contributed by atoms with Gasteiger partial charge in [0.25, 0.3) is 0 Å². The van der Waals surface area contributed by atoms with E-state index in [0.29, 0.717) is 0 Å². The normalized spacial score (nSPS) is 11.9. The summed E-state index contributed by atoms with van der Waals surface area (Å²) in [5, 5.41) is 8.72. The zero-order valence-corrected chi connectivity index (χ0v) is 7.71. The van der Waals surface area contributed by atoms with Crippen molar-refractivity contribution < 1.29 is 27.5 Å². The monoisotopic (exact) mass is 230 g/mol. The molecule has 16 heavy (non-hydrogen) atoms. The van der Waals surface area contributed by atoms with Crippen molar-refractivity contribution in [2.24, 2.45) is 0 Å². The van der Waals surface area contributed by atoms with Gasteiger partial charge in [0.1, 0.15) is 5.58 Å². The van der Waals surface area contributed by atoms with E-state index in [0.717, 1.165) is 12.1 Å². The third-order valence-electron chi connectivity index (χ3n) is 2.06. The highest BCUT2D eigenvalue weighted by molar-refractivity contribution is 5.92. The smallest absolute Gasteiger partial charge is 0.420 e. The van der Waals surface area contributed by atoms with Crippen molar-refractivity contribution in [3.8, 4) is 0 Å². The van der Waals surface area contributed by atoms with Crippen LogP contribution in [0.3, 0.4) is 0 Å². The van der Waals surface area contributed by atoms with Crippen LogP contribution >= 0.6 is 0 Å². The van der Waals surface area contributed by atoms with E-state index in [1.807, 2.05) is 0 Å². The minimum absolute atomic E-state index is 0.118. The lowest BCUT2D eigenvalue weighted by Crippen LogP contribution is -2.04. The molecule has 6 heteroatoms. The van der Waals surface area contributed by atoms with E-state index in [2.05, 4.69) is 4.42 Å². The summed E-state index contributed by atoms with van der Waals surface area (Å²) in [4.78, 5) is 10.6. The molecule has 0 amide bonds. The first-order valence-electron chi connectivity index (χ1n) is 4.22. The molecule has 0 fully saturated rings. The molecule has 1 aromatic carbocycles. The Labute approximate surface area is 87.1 Å². The maximum absolute atomic E-state index is 12.5. The number of carbonyl (C=O) groups is 1. The Morgan fingerprint density at radius 3 is 2.56 bits per heavy atom. The highest BCUT2D eigenvalue weighted by Crippen LogP contribution is 2.35. The van der Waals surface area contributed by atoms with Crippen LogP contribution in [0.15, 0.2) is 28.7 Å². The molecular weight excluding hydrogens is 225 g/mol. The molecule has 3 nitrogen and oxygen atoms in total. The number of carboxylic acids is 1. The van der Waals surface area contributed by atoms with Crippen LogP contribution in [0.4, 0.5) is 13.2 Å². The van der Waals surface area contributed by atoms with Gasteiger partial charge in [-0.25, -0.2) is 4.79 Å². The predicted octanol–water partition coefficient (Wildman–Crippen LogP) is 3.15. The number of benzene rings is 1. The van der Waals surface area contributed by atoms with E-state index in [-0.39, 0.29) is 5.39 Å². The van der Waals surface area contributed by atoms with E-state index in [1.54, 1.807) is 0 Å². The van der Waals surface area contributed by atoms with Gasteiger partial charge in [-0.15, -0.1) is 0 Å². The second kappa shape index (κ2) is 3.26. The molecule has 0 aliphatic heterocycles. The SMILES string of the molecule is O=C(O)c1cc2cccc(C(F)(F)F)c2o1. The molecule has 0 aliphatic rings. The topological polar surface area (TPSA) is 50.4 Å². The number of hydrogen-bond donors (Lipinski definition) is 1. The van der Waals surface area contributed by atoms with E-state index in [9.17, 15) is 18.0 Å². The van der Waals surface area contributed by atoms with Crippen LogP contribution in [-0.2, 0) is 6.18 Å². The molecule has 0 aliphatic carbocycles. The van der Waals surface area contributed by atoms with Crippen molar-refractivity contribution in [2.75, 3.05) is 0 Å². The molecule has 0 saturated carbocycles. The molecule has 2 aromatic rings. The maximum atomic E-state index is 12.5. The minimum Gasteiger partial charge on any atom is -0.475 e. The van der Waals surface area contributed by atoms with Crippen LogP contribution in [0.25, 0.3) is 11.0 Å². The molecule has 0 atom stereocenters. The molecular formula is C10H5F3O3. The lowest BCUT2D eigenvalue weighted by molar-refractivity contribution is -0.136. The van der Waals surface area contributed by atoms with Crippen LogP contribution in [0.1, 0.15) is 16.1 Å². The molecule has 1 aromatic heterocycles. The number of para-hydroxylation sites is 1. The lowest BCUT2D eigenvalue weighted by atomic mass is 10.1. The van der Waals surface area contributed by atoms with Crippen molar-refractivity contribution in [3.63, 3.8) is 0 Å². The number of furan rings is 1. The van der Waals surface area contributed by atoms with Crippen molar-refractivity contribution in [1.82, 2.24) is 0 Å². The first kappa shape index (κ1) is 10.5. The summed E-state index contributed by atoms with van der Waals surface area (Å²) in [7, 11) is 0. The second-order valence-corrected chi connectivity index (χ2v) is 3.14. The molecule has 1 heterocycles. The Morgan fingerprint density at radius 1 is 1.31 bits per heavy atom. The van der Waals surface area contributed by atoms with Crippen molar-refractivity contribution in [1.29, 1.82) is 0 Å². The third kappa shape index (κ3) is 1.62. The summed E-state index contributed by atoms with van der Waals surface area (Å²) in [6, 6.07) is 4.47. The minimum atomic E-state index is -4.56. The highest BCUT2D eigenvalue weighted by Gasteiger charge is 2.34. The van der Waals surface area contributed by atoms with Crippen molar-refractivity contribution in [3.05, 3.63) is 35.6 Å². The summed E-state index contributed by atoms with van der Waals surface area (Å²) < 4.78 is 42.2. The van der Waals surface area contributed by atoms with Gasteiger partial charge in [-0.2, -0.15) is 13.2 Å². The van der Waals surface area contributed by atoms with Crippen molar-refractivity contribution >= 4 is 16.9 Å². The van der Waals surface area contributed by atoms with Gasteiger partial charge in [-0.05, 0) is 12.1 Å². The van der Waals surface area contributed by atoms with E-state index >= 15 is 0 Å². The average molecular weight is 230 g/mol. The van der Waals surface area contributed by atoms with Gasteiger partial charge >= 0.3 is 12.1 Å². The zero-order valence-electron chi connectivity index (χ0n) is 7.71. The first-order valence-corrected chi connectivity index (χ1v) is 4.22. The van der Waals surface area contributed by atoms with Gasteiger partial charge in [0.15, 0.2) is 0 Å². The molecule has 1 N–H and O–H groups in total. The number of hydrogen-bond acceptors (Lipinski definition) is 2. The fraction of sp³-hybridized carbons (Fsp3) is 0.100. The molecule has 84 valence electrons. The quantitative estimate of drug-likeness (QED) is 0.818. The Balaban J connectivity index is 2.73. The average Bonchev–Trinajstić information content (AvgIpc) is 2.58. The van der Waals surface area contributed by atoms with Gasteiger partial charge in [0.05, 0.1) is 5.56 Å². The van der Waals surface area contributed by atoms with Gasteiger partial charge in [0.2, 0.25) is 5.76 Å². The molecule has 0 radical (unpaired) electrons. The van der Waals surface area contributed by atoms with E-state index in [4.69, 9.17) is 5.11 Å². The molecule has 2 rings (SSSR count). The predicted molar refractivity (Wildman–Crippen MR) is 48.2 cm³/mol. The van der Waals surface area contributed by atoms with Crippen LogP contribution in [-0.4, -0.2) is 11.1 Å². The first-order chi connectivity index (χ1) is 7.39. The van der Waals surface area contributed by atoms with Gasteiger partial charge in [0, 0.05) is 5.39 Å². The summed E-state index contributed by atoms with van der Waals surface area (Å²) in [5.41, 5.74) is -1.43. The zero-order chi connectivity index (χ0) is 11.9. The molecule has 0 bridgehead atoms. The Kier molecular flexibility index (Phi) is 2.15. The number of fused-ring (bicyclic) bond motifs is 1. The summed E-state index contributed by atoms with van der Waals surface area (Å²) in [6.07, 6.45) is -4.56. The molecule has 0 unspecified atom stereocenters. The lowest BCUT2D eigenvalue weighted by Gasteiger charge is -2.05. The highest BCUT2D eigenvalue weighted by atomic mass is 19.4. The molecule has 0 spiro atoms. The van der Waals surface area contributed by atoms with E-state index in [1.165, 1.54) is 12.1 Å². The van der Waals surface area contributed by atoms with Crippen molar-refractivity contribution in [2.45, 2.75) is 6.18 Å². The summed E-state index contributed by atoms with van der Waals surface area (Å²) in [6.45, 7) is 0. The fourth-order valence-corrected chi connectivity index (χ4v) is 1.39. The number of carboxylic acid groups (broad SMARTS) is 1. The number of rotatable bonds is 1. The standard InChI is InChI=1S/C10H5F3O3/c11-10(12,13)6-3-1-2-5-4-7(9(14)15)16-8(5)6/h1-4H,(H,14,15). The van der Waals surface area contributed by atoms with E-state index < -0.39 is 29.1 Å². The van der Waals surface area contributed by atoms with Crippen LogP contribution < -0.4 is 0 Å². The Bertz CT molecular complexity index is 554. The Morgan fingerprint density at radius 2 is 2.00 bits per heavy atom. The fourth-order valence-electron chi connectivity index (χ4n) is 1.39. The summed E-state index contributed by atoms with van der Waals surface area (Å²) in [5.74, 6) is -1.91. The van der Waals surface area contributed by atoms with Gasteiger partial charge in [-0.1, -0.05) is 12.1 Å². The molecule has 0 saturated heterocycles. The van der Waals surface area contributed by atoms with Crippen LogP contribution in [0.5, 0.6) is 0 Å². The second-order valence-electron chi connectivity index (χ2n) is 3.14. The van der Waals surface area contributed by atoms with Gasteiger partial charge < -0.3 is 9.52 Å². The third-order valence-corrected chi connectivity index (χ3v) is 2.06.